The van der Waals surface area contributed by atoms with Crippen molar-refractivity contribution in [3.05, 3.63) is 64.2 Å². The lowest BCUT2D eigenvalue weighted by Gasteiger charge is -2.15. The molecule has 8 heteroatoms. The van der Waals surface area contributed by atoms with Crippen molar-refractivity contribution in [2.75, 3.05) is 20.2 Å². The van der Waals surface area contributed by atoms with Crippen molar-refractivity contribution in [2.24, 2.45) is 4.99 Å². The summed E-state index contributed by atoms with van der Waals surface area (Å²) in [6.07, 6.45) is 3.50. The molecule has 0 atom stereocenters. The average molecular weight is 440 g/mol. The highest BCUT2D eigenvalue weighted by atomic mass is 32.1. The van der Waals surface area contributed by atoms with E-state index in [4.69, 9.17) is 9.47 Å². The summed E-state index contributed by atoms with van der Waals surface area (Å²) in [7, 11) is 1.75. The van der Waals surface area contributed by atoms with Crippen molar-refractivity contribution in [3.8, 4) is 17.4 Å². The van der Waals surface area contributed by atoms with Crippen LogP contribution in [0.15, 0.2) is 53.0 Å². The summed E-state index contributed by atoms with van der Waals surface area (Å²) in [6, 6.07) is 11.5. The number of nitrogens with one attached hydrogen (secondary N) is 2. The normalized spacial score (nSPS) is 11.3. The predicted molar refractivity (Wildman–Crippen MR) is 125 cm³/mol. The number of aliphatic imine (C=N–C) groups is 1. The van der Waals surface area contributed by atoms with Crippen LogP contribution in [0.25, 0.3) is 0 Å². The van der Waals surface area contributed by atoms with E-state index in [1.807, 2.05) is 43.3 Å². The van der Waals surface area contributed by atoms with Gasteiger partial charge in [0.25, 0.3) is 0 Å². The van der Waals surface area contributed by atoms with Gasteiger partial charge < -0.3 is 20.1 Å². The standard InChI is InChI=1S/C23H29N5O2S/c1-4-14-29-20-9-5-6-10-21(20)30-22-18(8-7-12-25-22)15-27-23(24-3)26-13-11-19-16-31-17(2)28-19/h5-10,12,16H,4,11,13-15H2,1-3H3,(H2,24,26,27). The van der Waals surface area contributed by atoms with E-state index in [0.717, 1.165) is 35.7 Å². The molecule has 2 aromatic heterocycles. The lowest BCUT2D eigenvalue weighted by Crippen LogP contribution is -2.38. The minimum atomic E-state index is 0.524. The van der Waals surface area contributed by atoms with Gasteiger partial charge in [0.1, 0.15) is 0 Å². The molecular weight excluding hydrogens is 410 g/mol. The zero-order valence-electron chi connectivity index (χ0n) is 18.2. The zero-order valence-corrected chi connectivity index (χ0v) is 19.0. The van der Waals surface area contributed by atoms with Crippen molar-refractivity contribution >= 4 is 17.3 Å². The molecule has 0 fully saturated rings. The number of thiazole rings is 1. The van der Waals surface area contributed by atoms with Crippen LogP contribution < -0.4 is 20.1 Å². The largest absolute Gasteiger partial charge is 0.490 e. The maximum Gasteiger partial charge on any atom is 0.224 e. The van der Waals surface area contributed by atoms with Crippen LogP contribution in [0.1, 0.15) is 29.6 Å². The van der Waals surface area contributed by atoms with Crippen LogP contribution in [0, 0.1) is 6.92 Å². The molecule has 0 aliphatic carbocycles. The van der Waals surface area contributed by atoms with Crippen molar-refractivity contribution in [2.45, 2.75) is 33.2 Å². The van der Waals surface area contributed by atoms with Gasteiger partial charge in [0.2, 0.25) is 5.88 Å². The molecule has 31 heavy (non-hydrogen) atoms. The molecule has 3 aromatic rings. The Morgan fingerprint density at radius 2 is 1.97 bits per heavy atom. The van der Waals surface area contributed by atoms with E-state index in [-0.39, 0.29) is 0 Å². The number of ether oxygens (including phenoxy) is 2. The first-order valence-corrected chi connectivity index (χ1v) is 11.3. The Balaban J connectivity index is 1.58. The van der Waals surface area contributed by atoms with E-state index >= 15 is 0 Å². The van der Waals surface area contributed by atoms with Crippen LogP contribution in [0.5, 0.6) is 17.4 Å². The second-order valence-electron chi connectivity index (χ2n) is 6.83. The molecular formula is C23H29N5O2S. The number of para-hydroxylation sites is 2. The highest BCUT2D eigenvalue weighted by molar-refractivity contribution is 7.09. The second kappa shape index (κ2) is 11.9. The molecule has 2 heterocycles. The van der Waals surface area contributed by atoms with Crippen LogP contribution in [-0.2, 0) is 13.0 Å². The fourth-order valence-electron chi connectivity index (χ4n) is 2.85. The van der Waals surface area contributed by atoms with Crippen molar-refractivity contribution in [3.63, 3.8) is 0 Å². The van der Waals surface area contributed by atoms with Crippen molar-refractivity contribution in [1.82, 2.24) is 20.6 Å². The second-order valence-corrected chi connectivity index (χ2v) is 7.89. The highest BCUT2D eigenvalue weighted by Gasteiger charge is 2.11. The van der Waals surface area contributed by atoms with Gasteiger partial charge in [-0.3, -0.25) is 4.99 Å². The Morgan fingerprint density at radius 3 is 2.71 bits per heavy atom. The van der Waals surface area contributed by atoms with Gasteiger partial charge in [-0.2, -0.15) is 0 Å². The minimum Gasteiger partial charge on any atom is -0.490 e. The Bertz CT molecular complexity index is 989. The van der Waals surface area contributed by atoms with Crippen LogP contribution in [0.3, 0.4) is 0 Å². The Morgan fingerprint density at radius 1 is 1.13 bits per heavy atom. The third-order valence-electron chi connectivity index (χ3n) is 4.38. The van der Waals surface area contributed by atoms with E-state index in [1.54, 1.807) is 24.6 Å². The number of aryl methyl sites for hydroxylation is 1. The van der Waals surface area contributed by atoms with Crippen LogP contribution in [0.4, 0.5) is 0 Å². The van der Waals surface area contributed by atoms with Gasteiger partial charge in [-0.05, 0) is 31.5 Å². The number of hydrogen-bond donors (Lipinski definition) is 2. The first kappa shape index (κ1) is 22.6. The Hall–Kier alpha value is -3.13. The summed E-state index contributed by atoms with van der Waals surface area (Å²) in [5.41, 5.74) is 2.02. The first-order chi connectivity index (χ1) is 15.2. The molecule has 164 valence electrons. The van der Waals surface area contributed by atoms with Gasteiger partial charge in [-0.15, -0.1) is 11.3 Å². The molecule has 0 amide bonds. The van der Waals surface area contributed by atoms with Crippen LogP contribution in [-0.4, -0.2) is 36.1 Å². The Kier molecular flexibility index (Phi) is 8.66. The molecule has 2 N–H and O–H groups in total. The topological polar surface area (TPSA) is 80.7 Å². The average Bonchev–Trinajstić information content (AvgIpc) is 3.21. The monoisotopic (exact) mass is 439 g/mol. The lowest BCUT2D eigenvalue weighted by molar-refractivity contribution is 0.300. The SMILES string of the molecule is CCCOc1ccccc1Oc1ncccc1CNC(=NC)NCCc1csc(C)n1. The fourth-order valence-corrected chi connectivity index (χ4v) is 3.50. The van der Waals surface area contributed by atoms with Crippen molar-refractivity contribution in [1.29, 1.82) is 0 Å². The number of aromatic nitrogens is 2. The summed E-state index contributed by atoms with van der Waals surface area (Å²) < 4.78 is 11.9. The molecule has 0 unspecified atom stereocenters. The number of pyridine rings is 1. The van der Waals surface area contributed by atoms with Crippen LogP contribution in [0.2, 0.25) is 0 Å². The third-order valence-corrected chi connectivity index (χ3v) is 5.20. The summed E-state index contributed by atoms with van der Waals surface area (Å²) in [5, 5.41) is 9.82. The minimum absolute atomic E-state index is 0.524. The maximum atomic E-state index is 6.10. The zero-order chi connectivity index (χ0) is 21.9. The molecule has 7 nitrogen and oxygen atoms in total. The van der Waals surface area contributed by atoms with E-state index in [2.05, 4.69) is 37.9 Å². The molecule has 0 radical (unpaired) electrons. The quantitative estimate of drug-likeness (QED) is 0.361. The Labute approximate surface area is 187 Å². The summed E-state index contributed by atoms with van der Waals surface area (Å²) >= 11 is 1.67. The molecule has 0 bridgehead atoms. The van der Waals surface area contributed by atoms with Gasteiger partial charge in [-0.25, -0.2) is 9.97 Å². The van der Waals surface area contributed by atoms with Gasteiger partial charge in [0.05, 0.1) is 17.3 Å². The first-order valence-electron chi connectivity index (χ1n) is 10.4. The predicted octanol–water partition coefficient (Wildman–Crippen LogP) is 4.34. The van der Waals surface area contributed by atoms with E-state index in [9.17, 15) is 0 Å². The van der Waals surface area contributed by atoms with E-state index in [0.29, 0.717) is 36.5 Å². The number of benzene rings is 1. The molecule has 0 aliphatic heterocycles. The highest BCUT2D eigenvalue weighted by Crippen LogP contribution is 2.31. The molecule has 0 saturated carbocycles. The smallest absolute Gasteiger partial charge is 0.224 e. The van der Waals surface area contributed by atoms with Gasteiger partial charge in [0, 0.05) is 43.7 Å². The number of nitrogens with zero attached hydrogens (tertiary/aromatic N) is 3. The van der Waals surface area contributed by atoms with Gasteiger partial charge in [-0.1, -0.05) is 25.1 Å². The number of hydrogen-bond acceptors (Lipinski definition) is 6. The fraction of sp³-hybridized carbons (Fsp3) is 0.348. The van der Waals surface area contributed by atoms with E-state index in [1.165, 1.54) is 0 Å². The molecule has 1 aromatic carbocycles. The summed E-state index contributed by atoms with van der Waals surface area (Å²) in [6.45, 7) is 6.01. The van der Waals surface area contributed by atoms with Crippen LogP contribution >= 0.6 is 11.3 Å². The van der Waals surface area contributed by atoms with Gasteiger partial charge in [0.15, 0.2) is 17.5 Å². The number of guanidine groups is 1. The van der Waals surface area contributed by atoms with Crippen molar-refractivity contribution < 1.29 is 9.47 Å². The molecule has 0 aliphatic rings. The van der Waals surface area contributed by atoms with Gasteiger partial charge >= 0.3 is 0 Å². The maximum absolute atomic E-state index is 6.10. The molecule has 3 rings (SSSR count). The summed E-state index contributed by atoms with van der Waals surface area (Å²) in [4.78, 5) is 13.2. The summed E-state index contributed by atoms with van der Waals surface area (Å²) in [5.74, 6) is 2.62. The molecule has 0 spiro atoms. The molecule has 0 saturated heterocycles. The van der Waals surface area contributed by atoms with E-state index < -0.39 is 0 Å². The third kappa shape index (κ3) is 6.96. The lowest BCUT2D eigenvalue weighted by atomic mass is 10.2. The number of rotatable bonds is 10.